The van der Waals surface area contributed by atoms with Crippen molar-refractivity contribution in [1.82, 2.24) is 15.2 Å². The van der Waals surface area contributed by atoms with Crippen LogP contribution in [-0.2, 0) is 4.79 Å². The monoisotopic (exact) mass is 343 g/mol. The molecule has 0 spiro atoms. The van der Waals surface area contributed by atoms with Crippen molar-refractivity contribution < 1.29 is 9.59 Å². The summed E-state index contributed by atoms with van der Waals surface area (Å²) in [6.07, 6.45) is 1.59. The Hall–Kier alpha value is -2.21. The summed E-state index contributed by atoms with van der Waals surface area (Å²) >= 11 is 1.63. The van der Waals surface area contributed by atoms with Crippen molar-refractivity contribution >= 4 is 23.2 Å². The number of pyridine rings is 1. The Bertz CT molecular complexity index is 735. The number of carbonyl (C=O) groups is 2. The summed E-state index contributed by atoms with van der Waals surface area (Å²) in [5, 5.41) is 7.00. The van der Waals surface area contributed by atoms with E-state index in [1.165, 1.54) is 6.92 Å². The Labute approximate surface area is 145 Å². The summed E-state index contributed by atoms with van der Waals surface area (Å²) in [6, 6.07) is 5.98. The summed E-state index contributed by atoms with van der Waals surface area (Å²) in [5.74, 6) is 0.0157. The van der Waals surface area contributed by atoms with Crippen LogP contribution in [0.3, 0.4) is 0 Å². The molecule has 2 aromatic heterocycles. The van der Waals surface area contributed by atoms with E-state index in [0.717, 1.165) is 29.8 Å². The summed E-state index contributed by atoms with van der Waals surface area (Å²) in [5.41, 5.74) is 3.40. The molecule has 2 amide bonds. The standard InChI is InChI=1S/C18H21N3O2S/c1-12-16(3-4-17(19-12)14-7-10-24-11-14)18(23)21-8-5-15(6-9-21)20-13(2)22/h3-4,7,10-11,15H,5-6,8-9H2,1-2H3,(H,20,22). The molecule has 1 aliphatic heterocycles. The van der Waals surface area contributed by atoms with Crippen LogP contribution >= 0.6 is 11.3 Å². The van der Waals surface area contributed by atoms with Gasteiger partial charge in [0.05, 0.1) is 17.0 Å². The lowest BCUT2D eigenvalue weighted by atomic mass is 10.0. The first-order valence-corrected chi connectivity index (χ1v) is 9.05. The van der Waals surface area contributed by atoms with E-state index in [1.807, 2.05) is 35.4 Å². The molecular formula is C18H21N3O2S. The summed E-state index contributed by atoms with van der Waals surface area (Å²) in [7, 11) is 0. The fourth-order valence-electron chi connectivity index (χ4n) is 3.04. The van der Waals surface area contributed by atoms with E-state index in [1.54, 1.807) is 11.3 Å². The third kappa shape index (κ3) is 3.64. The van der Waals surface area contributed by atoms with Gasteiger partial charge in [-0.1, -0.05) is 0 Å². The topological polar surface area (TPSA) is 62.3 Å². The van der Waals surface area contributed by atoms with Gasteiger partial charge in [-0.25, -0.2) is 0 Å². The zero-order valence-corrected chi connectivity index (χ0v) is 14.7. The summed E-state index contributed by atoms with van der Waals surface area (Å²) < 4.78 is 0. The van der Waals surface area contributed by atoms with Crippen LogP contribution in [0.5, 0.6) is 0 Å². The SMILES string of the molecule is CC(=O)NC1CCN(C(=O)c2ccc(-c3ccsc3)nc2C)CC1. The smallest absolute Gasteiger partial charge is 0.255 e. The number of nitrogens with one attached hydrogen (secondary N) is 1. The van der Waals surface area contributed by atoms with Crippen LogP contribution in [0.2, 0.25) is 0 Å². The fraction of sp³-hybridized carbons (Fsp3) is 0.389. The van der Waals surface area contributed by atoms with Crippen LogP contribution in [0.1, 0.15) is 35.8 Å². The van der Waals surface area contributed by atoms with Gasteiger partial charge in [-0.2, -0.15) is 11.3 Å². The first-order chi connectivity index (χ1) is 11.5. The second kappa shape index (κ2) is 7.13. The largest absolute Gasteiger partial charge is 0.353 e. The van der Waals surface area contributed by atoms with Crippen molar-refractivity contribution in [2.24, 2.45) is 0 Å². The van der Waals surface area contributed by atoms with Gasteiger partial charge >= 0.3 is 0 Å². The van der Waals surface area contributed by atoms with Crippen molar-refractivity contribution in [3.05, 3.63) is 40.2 Å². The number of piperidine rings is 1. The third-order valence-corrected chi connectivity index (χ3v) is 5.01. The van der Waals surface area contributed by atoms with Gasteiger partial charge in [0.15, 0.2) is 0 Å². The normalized spacial score (nSPS) is 15.3. The van der Waals surface area contributed by atoms with Gasteiger partial charge in [0.1, 0.15) is 0 Å². The number of aromatic nitrogens is 1. The molecule has 0 aromatic carbocycles. The lowest BCUT2D eigenvalue weighted by Crippen LogP contribution is -2.46. The maximum atomic E-state index is 12.7. The van der Waals surface area contributed by atoms with E-state index in [9.17, 15) is 9.59 Å². The van der Waals surface area contributed by atoms with Crippen molar-refractivity contribution in [3.63, 3.8) is 0 Å². The molecule has 0 atom stereocenters. The van der Waals surface area contributed by atoms with Gasteiger partial charge in [-0.15, -0.1) is 0 Å². The number of hydrogen-bond acceptors (Lipinski definition) is 4. The zero-order valence-electron chi connectivity index (χ0n) is 13.9. The molecule has 0 unspecified atom stereocenters. The average Bonchev–Trinajstić information content (AvgIpc) is 3.09. The predicted molar refractivity (Wildman–Crippen MR) is 95.0 cm³/mol. The number of amides is 2. The van der Waals surface area contributed by atoms with E-state index in [4.69, 9.17) is 0 Å². The molecule has 3 heterocycles. The first kappa shape index (κ1) is 16.6. The molecule has 1 saturated heterocycles. The maximum absolute atomic E-state index is 12.7. The van der Waals surface area contributed by atoms with E-state index in [0.29, 0.717) is 18.7 Å². The van der Waals surface area contributed by atoms with Crippen LogP contribution < -0.4 is 5.32 Å². The minimum Gasteiger partial charge on any atom is -0.353 e. The number of likely N-dealkylation sites (tertiary alicyclic amines) is 1. The number of carbonyl (C=O) groups excluding carboxylic acids is 2. The fourth-order valence-corrected chi connectivity index (χ4v) is 3.69. The molecule has 0 bridgehead atoms. The quantitative estimate of drug-likeness (QED) is 0.932. The lowest BCUT2D eigenvalue weighted by molar-refractivity contribution is -0.119. The van der Waals surface area contributed by atoms with Gasteiger partial charge in [0, 0.05) is 37.0 Å². The third-order valence-electron chi connectivity index (χ3n) is 4.32. The van der Waals surface area contributed by atoms with Gasteiger partial charge in [-0.05, 0) is 43.3 Å². The second-order valence-electron chi connectivity index (χ2n) is 6.11. The van der Waals surface area contributed by atoms with Crippen molar-refractivity contribution in [3.8, 4) is 11.3 Å². The average molecular weight is 343 g/mol. The molecule has 1 N–H and O–H groups in total. The number of rotatable bonds is 3. The first-order valence-electron chi connectivity index (χ1n) is 8.11. The van der Waals surface area contributed by atoms with Gasteiger partial charge < -0.3 is 10.2 Å². The van der Waals surface area contributed by atoms with Gasteiger partial charge in [0.25, 0.3) is 5.91 Å². The highest BCUT2D eigenvalue weighted by molar-refractivity contribution is 7.08. The number of thiophene rings is 1. The highest BCUT2D eigenvalue weighted by atomic mass is 32.1. The highest BCUT2D eigenvalue weighted by Crippen LogP contribution is 2.23. The number of aryl methyl sites for hydroxylation is 1. The summed E-state index contributed by atoms with van der Waals surface area (Å²) in [6.45, 7) is 4.74. The molecule has 0 aliphatic carbocycles. The van der Waals surface area contributed by atoms with Crippen LogP contribution in [0, 0.1) is 6.92 Å². The molecule has 6 heteroatoms. The number of hydrogen-bond donors (Lipinski definition) is 1. The zero-order chi connectivity index (χ0) is 17.1. The van der Waals surface area contributed by atoms with Crippen molar-refractivity contribution in [2.45, 2.75) is 32.7 Å². The lowest BCUT2D eigenvalue weighted by Gasteiger charge is -2.32. The van der Waals surface area contributed by atoms with Crippen LogP contribution in [0.15, 0.2) is 29.0 Å². The molecule has 0 saturated carbocycles. The Balaban J connectivity index is 1.68. The molecule has 0 radical (unpaired) electrons. The van der Waals surface area contributed by atoms with E-state index in [2.05, 4.69) is 15.7 Å². The van der Waals surface area contributed by atoms with Crippen molar-refractivity contribution in [2.75, 3.05) is 13.1 Å². The predicted octanol–water partition coefficient (Wildman–Crippen LogP) is 2.86. The van der Waals surface area contributed by atoms with E-state index in [-0.39, 0.29) is 17.9 Å². The van der Waals surface area contributed by atoms with Crippen LogP contribution in [0.4, 0.5) is 0 Å². The van der Waals surface area contributed by atoms with Crippen LogP contribution in [-0.4, -0.2) is 40.8 Å². The maximum Gasteiger partial charge on any atom is 0.255 e. The second-order valence-corrected chi connectivity index (χ2v) is 6.89. The molecule has 5 nitrogen and oxygen atoms in total. The Kier molecular flexibility index (Phi) is 4.94. The van der Waals surface area contributed by atoms with E-state index < -0.39 is 0 Å². The minimum absolute atomic E-state index is 0.0103. The Morgan fingerprint density at radius 2 is 2.00 bits per heavy atom. The Morgan fingerprint density at radius 1 is 1.25 bits per heavy atom. The molecule has 3 rings (SSSR count). The summed E-state index contributed by atoms with van der Waals surface area (Å²) in [4.78, 5) is 30.3. The molecule has 2 aromatic rings. The molecule has 24 heavy (non-hydrogen) atoms. The number of nitrogens with zero attached hydrogens (tertiary/aromatic N) is 2. The van der Waals surface area contributed by atoms with Crippen LogP contribution in [0.25, 0.3) is 11.3 Å². The van der Waals surface area contributed by atoms with E-state index >= 15 is 0 Å². The molecule has 1 aliphatic rings. The van der Waals surface area contributed by atoms with Gasteiger partial charge in [-0.3, -0.25) is 14.6 Å². The Morgan fingerprint density at radius 3 is 2.58 bits per heavy atom. The molecule has 1 fully saturated rings. The highest BCUT2D eigenvalue weighted by Gasteiger charge is 2.25. The minimum atomic E-state index is -0.0103. The van der Waals surface area contributed by atoms with Gasteiger partial charge in [0.2, 0.25) is 5.91 Å². The molecule has 126 valence electrons. The molecular weight excluding hydrogens is 322 g/mol. The van der Waals surface area contributed by atoms with Crippen molar-refractivity contribution in [1.29, 1.82) is 0 Å².